The van der Waals surface area contributed by atoms with Crippen molar-refractivity contribution in [2.45, 2.75) is 32.9 Å². The summed E-state index contributed by atoms with van der Waals surface area (Å²) in [7, 11) is -2.00. The summed E-state index contributed by atoms with van der Waals surface area (Å²) in [5.74, 6) is 0.852. The molecule has 0 saturated carbocycles. The van der Waals surface area contributed by atoms with Gasteiger partial charge in [0.1, 0.15) is 5.75 Å². The van der Waals surface area contributed by atoms with Crippen molar-refractivity contribution >= 4 is 14.2 Å². The number of benzene rings is 1. The van der Waals surface area contributed by atoms with E-state index in [1.165, 1.54) is 0 Å². The van der Waals surface area contributed by atoms with E-state index in [0.717, 1.165) is 23.9 Å². The molecule has 0 radical (unpaired) electrons. The molecule has 0 bridgehead atoms. The highest BCUT2D eigenvalue weighted by Crippen LogP contribution is 2.17. The lowest BCUT2D eigenvalue weighted by molar-refractivity contribution is 0.185. The largest absolute Gasteiger partial charge is 0.494 e. The molecule has 1 aromatic carbocycles. The first kappa shape index (κ1) is 16.0. The average molecular weight is 283 g/mol. The summed E-state index contributed by atoms with van der Waals surface area (Å²) in [6, 6.07) is 8.40. The molecule has 19 heavy (non-hydrogen) atoms. The number of nitrogen functional groups attached to an aromatic ring is 1. The summed E-state index contributed by atoms with van der Waals surface area (Å²) < 4.78 is 17.2. The molecule has 0 aliphatic carbocycles. The van der Waals surface area contributed by atoms with Gasteiger partial charge in [-0.15, -0.1) is 0 Å². The fourth-order valence-electron chi connectivity index (χ4n) is 1.94. The second kappa shape index (κ2) is 8.19. The van der Waals surface area contributed by atoms with Crippen LogP contribution in [0.5, 0.6) is 5.75 Å². The van der Waals surface area contributed by atoms with Gasteiger partial charge in [-0.3, -0.25) is 0 Å². The maximum atomic E-state index is 5.78. The molecule has 0 saturated heterocycles. The van der Waals surface area contributed by atoms with Crippen LogP contribution < -0.4 is 10.5 Å². The number of hydrogen-bond acceptors (Lipinski definition) is 4. The Bertz CT molecular complexity index is 350. The van der Waals surface area contributed by atoms with Gasteiger partial charge in [-0.1, -0.05) is 0 Å². The molecule has 5 heteroatoms. The number of ether oxygens (including phenoxy) is 1. The second-order valence-electron chi connectivity index (χ2n) is 4.52. The van der Waals surface area contributed by atoms with Crippen LogP contribution in [0.4, 0.5) is 5.69 Å². The third-order valence-corrected chi connectivity index (χ3v) is 5.88. The Labute approximate surface area is 117 Å². The Kier molecular flexibility index (Phi) is 6.90. The zero-order chi connectivity index (χ0) is 14.1. The van der Waals surface area contributed by atoms with E-state index in [2.05, 4.69) is 6.55 Å². The van der Waals surface area contributed by atoms with Gasteiger partial charge in [0.25, 0.3) is 0 Å². The highest BCUT2D eigenvalue weighted by Gasteiger charge is 2.29. The molecule has 0 aliphatic heterocycles. The predicted molar refractivity (Wildman–Crippen MR) is 80.6 cm³/mol. The lowest BCUT2D eigenvalue weighted by atomic mass is 10.3. The van der Waals surface area contributed by atoms with Crippen molar-refractivity contribution in [1.29, 1.82) is 0 Å². The molecule has 108 valence electrons. The predicted octanol–water partition coefficient (Wildman–Crippen LogP) is 3.18. The highest BCUT2D eigenvalue weighted by atomic mass is 28.4. The van der Waals surface area contributed by atoms with Crippen LogP contribution in [0.25, 0.3) is 0 Å². The van der Waals surface area contributed by atoms with Crippen LogP contribution in [-0.4, -0.2) is 28.4 Å². The first-order chi connectivity index (χ1) is 9.09. The van der Waals surface area contributed by atoms with Gasteiger partial charge in [-0.05, 0) is 57.1 Å². The van der Waals surface area contributed by atoms with E-state index in [0.29, 0.717) is 19.8 Å². The van der Waals surface area contributed by atoms with E-state index < -0.39 is 8.56 Å². The average Bonchev–Trinajstić information content (AvgIpc) is 2.37. The Morgan fingerprint density at radius 3 is 2.16 bits per heavy atom. The van der Waals surface area contributed by atoms with Crippen molar-refractivity contribution in [3.05, 3.63) is 24.3 Å². The smallest absolute Gasteiger partial charge is 0.335 e. The first-order valence-corrected chi connectivity index (χ1v) is 9.38. The van der Waals surface area contributed by atoms with Gasteiger partial charge >= 0.3 is 8.56 Å². The quantitative estimate of drug-likeness (QED) is 0.429. The lowest BCUT2D eigenvalue weighted by Crippen LogP contribution is -2.38. The van der Waals surface area contributed by atoms with Gasteiger partial charge in [0.2, 0.25) is 0 Å². The van der Waals surface area contributed by atoms with Crippen molar-refractivity contribution in [3.63, 3.8) is 0 Å². The van der Waals surface area contributed by atoms with E-state index >= 15 is 0 Å². The van der Waals surface area contributed by atoms with Crippen LogP contribution in [0.15, 0.2) is 24.3 Å². The molecule has 1 aromatic rings. The third-order valence-electron chi connectivity index (χ3n) is 2.82. The molecular formula is C14H25NO3Si. The summed E-state index contributed by atoms with van der Waals surface area (Å²) in [5.41, 5.74) is 6.37. The lowest BCUT2D eigenvalue weighted by Gasteiger charge is -2.25. The molecule has 0 unspecified atom stereocenters. The topological polar surface area (TPSA) is 53.7 Å². The molecule has 0 aliphatic rings. The Balaban J connectivity index is 2.30. The van der Waals surface area contributed by atoms with Crippen molar-refractivity contribution in [3.8, 4) is 5.75 Å². The van der Waals surface area contributed by atoms with Crippen LogP contribution in [0.1, 0.15) is 20.3 Å². The molecule has 4 nitrogen and oxygen atoms in total. The van der Waals surface area contributed by atoms with E-state index in [1.807, 2.05) is 38.1 Å². The van der Waals surface area contributed by atoms with E-state index in [-0.39, 0.29) is 0 Å². The standard InChI is InChI=1S/C14H25NO3Si/c1-4-17-19(3,18-5-2)12-6-11-16-14-9-7-13(15)8-10-14/h7-10H,4-6,11-12,15H2,1-3H3. The molecule has 0 amide bonds. The maximum Gasteiger partial charge on any atom is 0.335 e. The van der Waals surface area contributed by atoms with Gasteiger partial charge in [0.05, 0.1) is 6.61 Å². The van der Waals surface area contributed by atoms with E-state index in [4.69, 9.17) is 19.3 Å². The number of hydrogen-bond donors (Lipinski definition) is 1. The molecule has 0 atom stereocenters. The second-order valence-corrected chi connectivity index (χ2v) is 7.87. The van der Waals surface area contributed by atoms with Gasteiger partial charge in [0, 0.05) is 18.9 Å². The van der Waals surface area contributed by atoms with Crippen LogP contribution in [0, 0.1) is 0 Å². The molecule has 0 heterocycles. The molecule has 2 N–H and O–H groups in total. The molecular weight excluding hydrogens is 258 g/mol. The van der Waals surface area contributed by atoms with Crippen molar-refractivity contribution < 1.29 is 13.6 Å². The monoisotopic (exact) mass is 283 g/mol. The fraction of sp³-hybridized carbons (Fsp3) is 0.571. The molecule has 0 aromatic heterocycles. The van der Waals surface area contributed by atoms with Crippen LogP contribution in [-0.2, 0) is 8.85 Å². The minimum absolute atomic E-state index is 0.673. The van der Waals surface area contributed by atoms with Crippen LogP contribution >= 0.6 is 0 Å². The van der Waals surface area contributed by atoms with E-state index in [9.17, 15) is 0 Å². The summed E-state index contributed by atoms with van der Waals surface area (Å²) >= 11 is 0. The van der Waals surface area contributed by atoms with Gasteiger partial charge in [0.15, 0.2) is 0 Å². The summed E-state index contributed by atoms with van der Waals surface area (Å²) in [5, 5.41) is 0. The van der Waals surface area contributed by atoms with Crippen molar-refractivity contribution in [1.82, 2.24) is 0 Å². The highest BCUT2D eigenvalue weighted by molar-refractivity contribution is 6.66. The van der Waals surface area contributed by atoms with Gasteiger partial charge in [-0.25, -0.2) is 0 Å². The number of rotatable bonds is 9. The SMILES string of the molecule is CCO[Si](C)(CCCOc1ccc(N)cc1)OCC. The van der Waals surface area contributed by atoms with Crippen LogP contribution in [0.3, 0.4) is 0 Å². The summed E-state index contributed by atoms with van der Waals surface area (Å²) in [6.07, 6.45) is 0.938. The minimum atomic E-state index is -2.00. The zero-order valence-electron chi connectivity index (χ0n) is 12.1. The Hall–Kier alpha value is -1.04. The maximum absolute atomic E-state index is 5.78. The third kappa shape index (κ3) is 6.09. The summed E-state index contributed by atoms with van der Waals surface area (Å²) in [4.78, 5) is 0. The Morgan fingerprint density at radius 2 is 1.63 bits per heavy atom. The molecule has 0 fully saturated rings. The summed E-state index contributed by atoms with van der Waals surface area (Å²) in [6.45, 7) is 8.23. The van der Waals surface area contributed by atoms with E-state index in [1.54, 1.807) is 0 Å². The number of anilines is 1. The Morgan fingerprint density at radius 1 is 1.05 bits per heavy atom. The normalized spacial score (nSPS) is 11.5. The molecule has 0 spiro atoms. The van der Waals surface area contributed by atoms with Crippen LogP contribution in [0.2, 0.25) is 12.6 Å². The fourth-order valence-corrected chi connectivity index (χ4v) is 4.32. The first-order valence-electron chi connectivity index (χ1n) is 6.86. The number of nitrogens with two attached hydrogens (primary N) is 1. The van der Waals surface area contributed by atoms with Crippen molar-refractivity contribution in [2.75, 3.05) is 25.6 Å². The van der Waals surface area contributed by atoms with Crippen molar-refractivity contribution in [2.24, 2.45) is 0 Å². The minimum Gasteiger partial charge on any atom is -0.494 e. The van der Waals surface area contributed by atoms with Gasteiger partial charge < -0.3 is 19.3 Å². The molecule has 1 rings (SSSR count). The zero-order valence-corrected chi connectivity index (χ0v) is 13.1. The van der Waals surface area contributed by atoms with Gasteiger partial charge in [-0.2, -0.15) is 0 Å².